The average Bonchev–Trinajstić information content (AvgIpc) is 2.26. The molecule has 1 amide bonds. The van der Waals surface area contributed by atoms with Crippen LogP contribution in [0.5, 0.6) is 0 Å². The number of ether oxygens (including phenoxy) is 1. The van der Waals surface area contributed by atoms with Crippen molar-refractivity contribution in [2.75, 3.05) is 19.1 Å². The third-order valence-electron chi connectivity index (χ3n) is 1.92. The van der Waals surface area contributed by atoms with Gasteiger partial charge in [-0.25, -0.2) is 9.18 Å². The molecule has 1 rings (SSSR count). The zero-order valence-corrected chi connectivity index (χ0v) is 8.36. The highest BCUT2D eigenvalue weighted by molar-refractivity contribution is 5.87. The van der Waals surface area contributed by atoms with Crippen molar-refractivity contribution in [2.45, 2.75) is 0 Å². The number of carbonyl (C=O) groups excluding carboxylic acids is 2. The molecule has 0 saturated heterocycles. The van der Waals surface area contributed by atoms with Gasteiger partial charge < -0.3 is 4.74 Å². The molecule has 0 N–H and O–H groups in total. The van der Waals surface area contributed by atoms with Gasteiger partial charge in [-0.15, -0.1) is 0 Å². The smallest absolute Gasteiger partial charge is 0.413 e. The van der Waals surface area contributed by atoms with Crippen molar-refractivity contribution in [2.24, 2.45) is 0 Å². The molecule has 4 nitrogen and oxygen atoms in total. The van der Waals surface area contributed by atoms with E-state index in [0.29, 0.717) is 6.29 Å². The topological polar surface area (TPSA) is 46.6 Å². The minimum atomic E-state index is -0.673. The van der Waals surface area contributed by atoms with Crippen molar-refractivity contribution in [1.29, 1.82) is 0 Å². The Hall–Kier alpha value is -1.91. The molecule has 0 aliphatic rings. The Morgan fingerprint density at radius 1 is 1.53 bits per heavy atom. The predicted octanol–water partition coefficient (Wildman–Crippen LogP) is 1.84. The molecule has 5 heteroatoms. The Morgan fingerprint density at radius 3 is 2.67 bits per heavy atom. The minimum Gasteiger partial charge on any atom is -0.452 e. The van der Waals surface area contributed by atoms with E-state index in [1.165, 1.54) is 26.3 Å². The van der Waals surface area contributed by atoms with Gasteiger partial charge in [0.25, 0.3) is 0 Å². The number of benzene rings is 1. The normalized spacial score (nSPS) is 9.53. The Labute approximate surface area is 86.3 Å². The largest absolute Gasteiger partial charge is 0.452 e. The summed E-state index contributed by atoms with van der Waals surface area (Å²) in [7, 11) is 2.58. The summed E-state index contributed by atoms with van der Waals surface area (Å²) in [6.45, 7) is 0. The first-order valence-corrected chi connectivity index (χ1v) is 4.16. The van der Waals surface area contributed by atoms with Crippen LogP contribution in [0.2, 0.25) is 0 Å². The van der Waals surface area contributed by atoms with Gasteiger partial charge in [0.05, 0.1) is 12.8 Å². The number of nitrogens with zero attached hydrogens (tertiary/aromatic N) is 1. The van der Waals surface area contributed by atoms with E-state index in [0.717, 1.165) is 11.0 Å². The highest BCUT2D eigenvalue weighted by atomic mass is 19.1. The van der Waals surface area contributed by atoms with E-state index in [4.69, 9.17) is 0 Å². The fourth-order valence-electron chi connectivity index (χ4n) is 1.10. The minimum absolute atomic E-state index is 0.0625. The van der Waals surface area contributed by atoms with Crippen molar-refractivity contribution in [1.82, 2.24) is 0 Å². The lowest BCUT2D eigenvalue weighted by molar-refractivity contribution is 0.112. The molecule has 80 valence electrons. The van der Waals surface area contributed by atoms with E-state index in [-0.39, 0.29) is 11.3 Å². The zero-order valence-electron chi connectivity index (χ0n) is 8.36. The summed E-state index contributed by atoms with van der Waals surface area (Å²) in [6, 6.07) is 3.82. The van der Waals surface area contributed by atoms with E-state index in [1.807, 2.05) is 0 Å². The highest BCUT2D eigenvalue weighted by Crippen LogP contribution is 2.19. The summed E-state index contributed by atoms with van der Waals surface area (Å²) < 4.78 is 17.8. The molecule has 0 aliphatic heterocycles. The molecule has 0 fully saturated rings. The molecule has 1 aromatic carbocycles. The van der Waals surface area contributed by atoms with Crippen LogP contribution in [0, 0.1) is 5.82 Å². The van der Waals surface area contributed by atoms with Crippen molar-refractivity contribution >= 4 is 18.1 Å². The van der Waals surface area contributed by atoms with E-state index < -0.39 is 11.9 Å². The quantitative estimate of drug-likeness (QED) is 0.701. The van der Waals surface area contributed by atoms with Crippen LogP contribution in [0.3, 0.4) is 0 Å². The van der Waals surface area contributed by atoms with E-state index in [1.54, 1.807) is 0 Å². The maximum atomic E-state index is 13.4. The van der Waals surface area contributed by atoms with Crippen LogP contribution in [0.15, 0.2) is 18.2 Å². The molecule has 0 radical (unpaired) electrons. The number of aldehydes is 1. The van der Waals surface area contributed by atoms with Crippen LogP contribution in [0.4, 0.5) is 14.9 Å². The third-order valence-corrected chi connectivity index (χ3v) is 1.92. The van der Waals surface area contributed by atoms with Crippen LogP contribution < -0.4 is 4.90 Å². The number of halogens is 1. The van der Waals surface area contributed by atoms with Crippen LogP contribution in [0.25, 0.3) is 0 Å². The maximum absolute atomic E-state index is 13.4. The van der Waals surface area contributed by atoms with Crippen LogP contribution in [-0.2, 0) is 4.74 Å². The number of hydrogen-bond donors (Lipinski definition) is 0. The molecule has 15 heavy (non-hydrogen) atoms. The molecule has 0 heterocycles. The molecule has 1 aromatic rings. The Morgan fingerprint density at radius 2 is 2.20 bits per heavy atom. The summed E-state index contributed by atoms with van der Waals surface area (Å²) in [5, 5.41) is 0. The van der Waals surface area contributed by atoms with Gasteiger partial charge in [-0.05, 0) is 18.2 Å². The molecule has 0 saturated carbocycles. The second kappa shape index (κ2) is 4.54. The lowest BCUT2D eigenvalue weighted by Gasteiger charge is -2.16. The fraction of sp³-hybridized carbons (Fsp3) is 0.200. The summed E-state index contributed by atoms with van der Waals surface area (Å²) in [6.07, 6.45) is -0.141. The van der Waals surface area contributed by atoms with Gasteiger partial charge in [0, 0.05) is 12.6 Å². The fourth-order valence-corrected chi connectivity index (χ4v) is 1.10. The van der Waals surface area contributed by atoms with Gasteiger partial charge >= 0.3 is 6.09 Å². The Balaban J connectivity index is 3.05. The number of rotatable bonds is 2. The monoisotopic (exact) mass is 211 g/mol. The number of anilines is 1. The number of carbonyl (C=O) groups is 2. The van der Waals surface area contributed by atoms with Crippen molar-refractivity contribution in [3.05, 3.63) is 29.6 Å². The molecule has 0 bridgehead atoms. The number of hydrogen-bond acceptors (Lipinski definition) is 3. The second-order valence-corrected chi connectivity index (χ2v) is 2.86. The van der Waals surface area contributed by atoms with Crippen molar-refractivity contribution in [3.63, 3.8) is 0 Å². The Bertz CT molecular complexity index is 392. The summed E-state index contributed by atoms with van der Waals surface area (Å²) in [5.74, 6) is -0.646. The lowest BCUT2D eigenvalue weighted by atomic mass is 10.2. The predicted molar refractivity (Wildman–Crippen MR) is 52.6 cm³/mol. The molecular weight excluding hydrogens is 201 g/mol. The molecular formula is C10H10FNO3. The van der Waals surface area contributed by atoms with Gasteiger partial charge in [-0.2, -0.15) is 0 Å². The van der Waals surface area contributed by atoms with Gasteiger partial charge in [-0.3, -0.25) is 9.69 Å². The van der Waals surface area contributed by atoms with Gasteiger partial charge in [0.1, 0.15) is 12.1 Å². The summed E-state index contributed by atoms with van der Waals surface area (Å²) in [5.41, 5.74) is 0.280. The van der Waals surface area contributed by atoms with Crippen LogP contribution in [0.1, 0.15) is 10.4 Å². The number of methoxy groups -OCH3 is 1. The second-order valence-electron chi connectivity index (χ2n) is 2.86. The van der Waals surface area contributed by atoms with E-state index in [2.05, 4.69) is 4.74 Å². The van der Waals surface area contributed by atoms with Gasteiger partial charge in [0.2, 0.25) is 0 Å². The highest BCUT2D eigenvalue weighted by Gasteiger charge is 2.14. The molecule has 0 aliphatic carbocycles. The summed E-state index contributed by atoms with van der Waals surface area (Å²) >= 11 is 0. The third kappa shape index (κ3) is 2.31. The van der Waals surface area contributed by atoms with Crippen LogP contribution >= 0.6 is 0 Å². The SMILES string of the molecule is COC(=O)N(C)c1ccc(C=O)cc1F. The standard InChI is InChI=1S/C10H10FNO3/c1-12(10(14)15-2)9-4-3-7(6-13)5-8(9)11/h3-6H,1-2H3. The maximum Gasteiger partial charge on any atom is 0.413 e. The molecule has 0 aromatic heterocycles. The van der Waals surface area contributed by atoms with Gasteiger partial charge in [0.15, 0.2) is 0 Å². The average molecular weight is 211 g/mol. The Kier molecular flexibility index (Phi) is 3.38. The first kappa shape index (κ1) is 11.2. The molecule has 0 atom stereocenters. The zero-order chi connectivity index (χ0) is 11.4. The first-order valence-electron chi connectivity index (χ1n) is 4.16. The van der Waals surface area contributed by atoms with Crippen LogP contribution in [-0.4, -0.2) is 26.5 Å². The van der Waals surface area contributed by atoms with Crippen molar-refractivity contribution in [3.8, 4) is 0 Å². The lowest BCUT2D eigenvalue weighted by Crippen LogP contribution is -2.26. The van der Waals surface area contributed by atoms with E-state index in [9.17, 15) is 14.0 Å². The molecule has 0 unspecified atom stereocenters. The number of amides is 1. The van der Waals surface area contributed by atoms with Gasteiger partial charge in [-0.1, -0.05) is 0 Å². The van der Waals surface area contributed by atoms with Crippen molar-refractivity contribution < 1.29 is 18.7 Å². The van der Waals surface area contributed by atoms with E-state index >= 15 is 0 Å². The molecule has 0 spiro atoms. The first-order chi connectivity index (χ1) is 7.10. The summed E-state index contributed by atoms with van der Waals surface area (Å²) in [4.78, 5) is 22.5.